The van der Waals surface area contributed by atoms with E-state index in [2.05, 4.69) is 25.9 Å². The number of anilines is 1. The minimum absolute atomic E-state index is 0.402. The van der Waals surface area contributed by atoms with E-state index >= 15 is 0 Å². The van der Waals surface area contributed by atoms with Gasteiger partial charge in [-0.1, -0.05) is 15.9 Å². The molecule has 2 heterocycles. The Morgan fingerprint density at radius 2 is 2.16 bits per heavy atom. The van der Waals surface area contributed by atoms with Gasteiger partial charge >= 0.3 is 0 Å². The number of fused-ring (bicyclic) bond motifs is 1. The van der Waals surface area contributed by atoms with Gasteiger partial charge in [-0.2, -0.15) is 0 Å². The maximum absolute atomic E-state index is 6.01. The topological polar surface area (TPSA) is 66.0 Å². The number of methoxy groups -OCH3 is 1. The summed E-state index contributed by atoms with van der Waals surface area (Å²) in [6, 6.07) is 7.61. The lowest BCUT2D eigenvalue weighted by Crippen LogP contribution is -2.02. The molecule has 6 heteroatoms. The Kier molecular flexibility index (Phi) is 2.87. The predicted octanol–water partition coefficient (Wildman–Crippen LogP) is 2.77. The zero-order valence-corrected chi connectivity index (χ0v) is 11.8. The quantitative estimate of drug-likeness (QED) is 0.789. The number of hydrogen-bond donors (Lipinski definition) is 1. The average molecular weight is 319 g/mol. The summed E-state index contributed by atoms with van der Waals surface area (Å²) in [5, 5.41) is 0. The lowest BCUT2D eigenvalue weighted by atomic mass is 10.2. The van der Waals surface area contributed by atoms with Crippen LogP contribution in [-0.4, -0.2) is 21.6 Å². The first-order valence-corrected chi connectivity index (χ1v) is 6.42. The van der Waals surface area contributed by atoms with Gasteiger partial charge in [0.25, 0.3) is 0 Å². The summed E-state index contributed by atoms with van der Waals surface area (Å²) in [5.74, 6) is 1.13. The van der Waals surface area contributed by atoms with Crippen LogP contribution in [-0.2, 0) is 0 Å². The number of hydrogen-bond acceptors (Lipinski definition) is 4. The van der Waals surface area contributed by atoms with Gasteiger partial charge in [0.1, 0.15) is 11.3 Å². The largest absolute Gasteiger partial charge is 0.495 e. The minimum atomic E-state index is 0.402. The molecule has 0 fully saturated rings. The number of halogens is 1. The molecule has 0 spiro atoms. The molecule has 3 aromatic rings. The van der Waals surface area contributed by atoms with Gasteiger partial charge in [0.2, 0.25) is 5.95 Å². The lowest BCUT2D eigenvalue weighted by Gasteiger charge is -2.12. The fraction of sp³-hybridized carbons (Fsp3) is 0.0769. The minimum Gasteiger partial charge on any atom is -0.495 e. The first-order chi connectivity index (χ1) is 9.20. The van der Waals surface area contributed by atoms with Gasteiger partial charge in [-0.05, 0) is 24.3 Å². The van der Waals surface area contributed by atoms with E-state index < -0.39 is 0 Å². The molecular weight excluding hydrogens is 308 g/mol. The van der Waals surface area contributed by atoms with Crippen LogP contribution in [0.25, 0.3) is 16.7 Å². The molecule has 3 rings (SSSR count). The highest BCUT2D eigenvalue weighted by atomic mass is 79.9. The Hall–Kier alpha value is -2.08. The van der Waals surface area contributed by atoms with E-state index in [1.165, 1.54) is 0 Å². The molecule has 0 aliphatic heterocycles. The number of aromatic nitrogens is 3. The Labute approximate surface area is 118 Å². The summed E-state index contributed by atoms with van der Waals surface area (Å²) in [6.45, 7) is 0. The van der Waals surface area contributed by atoms with E-state index in [1.807, 2.05) is 28.8 Å². The van der Waals surface area contributed by atoms with Crippen molar-refractivity contribution in [3.05, 3.63) is 41.1 Å². The third-order valence-corrected chi connectivity index (χ3v) is 3.36. The van der Waals surface area contributed by atoms with E-state index in [1.54, 1.807) is 19.5 Å². The maximum atomic E-state index is 6.01. The third-order valence-electron chi connectivity index (χ3n) is 2.86. The van der Waals surface area contributed by atoms with Crippen molar-refractivity contribution < 1.29 is 4.74 Å². The number of nitrogen functional groups attached to an aromatic ring is 1. The summed E-state index contributed by atoms with van der Waals surface area (Å²) >= 11 is 3.46. The van der Waals surface area contributed by atoms with Gasteiger partial charge in [0.05, 0.1) is 24.5 Å². The highest BCUT2D eigenvalue weighted by molar-refractivity contribution is 9.10. The van der Waals surface area contributed by atoms with Crippen molar-refractivity contribution in [1.82, 2.24) is 14.5 Å². The summed E-state index contributed by atoms with van der Waals surface area (Å²) in [5.41, 5.74) is 8.49. The fourth-order valence-electron chi connectivity index (χ4n) is 2.04. The molecule has 2 N–H and O–H groups in total. The molecule has 0 atom stereocenters. The van der Waals surface area contributed by atoms with Crippen LogP contribution >= 0.6 is 15.9 Å². The molecule has 0 saturated carbocycles. The highest BCUT2D eigenvalue weighted by Crippen LogP contribution is 2.31. The van der Waals surface area contributed by atoms with E-state index in [9.17, 15) is 0 Å². The van der Waals surface area contributed by atoms with Crippen LogP contribution in [0.4, 0.5) is 5.95 Å². The molecule has 19 heavy (non-hydrogen) atoms. The van der Waals surface area contributed by atoms with Crippen LogP contribution in [0.5, 0.6) is 5.75 Å². The molecule has 2 aromatic heterocycles. The molecule has 0 radical (unpaired) electrons. The van der Waals surface area contributed by atoms with Crippen LogP contribution in [0, 0.1) is 0 Å². The van der Waals surface area contributed by atoms with Crippen molar-refractivity contribution in [1.29, 1.82) is 0 Å². The van der Waals surface area contributed by atoms with Gasteiger partial charge in [-0.15, -0.1) is 0 Å². The average Bonchev–Trinajstić information content (AvgIpc) is 2.74. The molecule has 0 saturated heterocycles. The number of benzene rings is 1. The van der Waals surface area contributed by atoms with Gasteiger partial charge in [0, 0.05) is 10.7 Å². The van der Waals surface area contributed by atoms with Crippen molar-refractivity contribution in [3.8, 4) is 11.4 Å². The number of nitrogens with two attached hydrogens (primary N) is 1. The lowest BCUT2D eigenvalue weighted by molar-refractivity contribution is 0.413. The van der Waals surface area contributed by atoms with Gasteiger partial charge in [-0.25, -0.2) is 4.98 Å². The predicted molar refractivity (Wildman–Crippen MR) is 77.5 cm³/mol. The zero-order valence-electron chi connectivity index (χ0n) is 10.2. The van der Waals surface area contributed by atoms with Crippen molar-refractivity contribution in [2.24, 2.45) is 0 Å². The standard InChI is InChI=1S/C13H11BrN4O/c1-19-12-3-2-8(14)6-11(12)18-10-4-5-16-7-9(10)17-13(18)15/h2-7H,1H3,(H2,15,17). The van der Waals surface area contributed by atoms with Crippen molar-refractivity contribution >= 4 is 32.9 Å². The smallest absolute Gasteiger partial charge is 0.206 e. The number of ether oxygens (including phenoxy) is 1. The Morgan fingerprint density at radius 1 is 1.32 bits per heavy atom. The molecular formula is C13H11BrN4O. The molecule has 0 unspecified atom stereocenters. The number of nitrogens with zero attached hydrogens (tertiary/aromatic N) is 3. The Bertz CT molecular complexity index is 753. The van der Waals surface area contributed by atoms with Gasteiger partial charge in [0.15, 0.2) is 0 Å². The van der Waals surface area contributed by atoms with Crippen LogP contribution in [0.1, 0.15) is 0 Å². The number of imidazole rings is 1. The van der Waals surface area contributed by atoms with Crippen LogP contribution in [0.3, 0.4) is 0 Å². The third kappa shape index (κ3) is 1.94. The monoisotopic (exact) mass is 318 g/mol. The van der Waals surface area contributed by atoms with Crippen LogP contribution in [0.2, 0.25) is 0 Å². The van der Waals surface area contributed by atoms with Crippen molar-refractivity contribution in [2.75, 3.05) is 12.8 Å². The van der Waals surface area contributed by atoms with E-state index in [0.717, 1.165) is 26.9 Å². The van der Waals surface area contributed by atoms with Gasteiger partial charge < -0.3 is 10.5 Å². The molecule has 1 aromatic carbocycles. The van der Waals surface area contributed by atoms with Crippen molar-refractivity contribution in [3.63, 3.8) is 0 Å². The van der Waals surface area contributed by atoms with E-state index in [4.69, 9.17) is 10.5 Å². The molecule has 0 aliphatic rings. The summed E-state index contributed by atoms with van der Waals surface area (Å²) in [6.07, 6.45) is 3.40. The second-order valence-electron chi connectivity index (χ2n) is 3.99. The molecule has 5 nitrogen and oxygen atoms in total. The molecule has 0 bridgehead atoms. The summed E-state index contributed by atoms with van der Waals surface area (Å²) < 4.78 is 8.18. The highest BCUT2D eigenvalue weighted by Gasteiger charge is 2.14. The zero-order chi connectivity index (χ0) is 13.4. The van der Waals surface area contributed by atoms with E-state index in [0.29, 0.717) is 5.95 Å². The van der Waals surface area contributed by atoms with Crippen LogP contribution in [0.15, 0.2) is 41.1 Å². The summed E-state index contributed by atoms with van der Waals surface area (Å²) in [7, 11) is 1.63. The molecule has 96 valence electrons. The SMILES string of the molecule is COc1ccc(Br)cc1-n1c(N)nc2cnccc21. The second-order valence-corrected chi connectivity index (χ2v) is 4.90. The normalized spacial score (nSPS) is 10.8. The first kappa shape index (κ1) is 12.0. The maximum Gasteiger partial charge on any atom is 0.206 e. The second kappa shape index (κ2) is 4.55. The van der Waals surface area contributed by atoms with E-state index in [-0.39, 0.29) is 0 Å². The Morgan fingerprint density at radius 3 is 2.95 bits per heavy atom. The van der Waals surface area contributed by atoms with Gasteiger partial charge in [-0.3, -0.25) is 9.55 Å². The van der Waals surface area contributed by atoms with Crippen molar-refractivity contribution in [2.45, 2.75) is 0 Å². The van der Waals surface area contributed by atoms with Crippen LogP contribution < -0.4 is 10.5 Å². The molecule has 0 aliphatic carbocycles. The fourth-order valence-corrected chi connectivity index (χ4v) is 2.39. The molecule has 0 amide bonds. The Balaban J connectivity index is 2.35. The summed E-state index contributed by atoms with van der Waals surface area (Å²) in [4.78, 5) is 8.35. The number of rotatable bonds is 2. The first-order valence-electron chi connectivity index (χ1n) is 5.62. The number of pyridine rings is 1.